The molecule has 0 spiro atoms. The number of carbonyl (C=O) groups excluding carboxylic acids is 2. The Morgan fingerprint density at radius 3 is 2.81 bits per heavy atom. The quantitative estimate of drug-likeness (QED) is 0.727. The third-order valence-corrected chi connectivity index (χ3v) is 5.96. The van der Waals surface area contributed by atoms with Gasteiger partial charge in [-0.3, -0.25) is 9.59 Å². The van der Waals surface area contributed by atoms with Gasteiger partial charge < -0.3 is 10.6 Å². The van der Waals surface area contributed by atoms with Gasteiger partial charge in [0.25, 0.3) is 0 Å². The van der Waals surface area contributed by atoms with Gasteiger partial charge in [-0.05, 0) is 32.6 Å². The van der Waals surface area contributed by atoms with Gasteiger partial charge in [0.2, 0.25) is 21.8 Å². The molecule has 8 heteroatoms. The monoisotopic (exact) mass is 317 g/mol. The lowest BCUT2D eigenvalue weighted by Crippen LogP contribution is -2.53. The summed E-state index contributed by atoms with van der Waals surface area (Å²) >= 11 is 0. The highest BCUT2D eigenvalue weighted by Crippen LogP contribution is 2.20. The van der Waals surface area contributed by atoms with E-state index in [1.165, 1.54) is 4.31 Å². The highest BCUT2D eigenvalue weighted by atomic mass is 32.2. The van der Waals surface area contributed by atoms with E-state index >= 15 is 0 Å². The maximum atomic E-state index is 12.3. The minimum atomic E-state index is -3.26. The number of piperidine rings is 2. The molecule has 0 aromatic rings. The minimum absolute atomic E-state index is 0.0480. The normalized spacial score (nSPS) is 28.0. The lowest BCUT2D eigenvalue weighted by Gasteiger charge is -2.32. The number of hydrogen-bond acceptors (Lipinski definition) is 4. The van der Waals surface area contributed by atoms with Crippen LogP contribution < -0.4 is 10.6 Å². The van der Waals surface area contributed by atoms with Crippen molar-refractivity contribution < 1.29 is 18.0 Å². The fraction of sp³-hybridized carbons (Fsp3) is 0.846. The Kier molecular flexibility index (Phi) is 5.21. The first-order valence-corrected chi connectivity index (χ1v) is 9.11. The highest BCUT2D eigenvalue weighted by Gasteiger charge is 2.33. The molecule has 0 aliphatic carbocycles. The third-order valence-electron chi connectivity index (χ3n) is 4.11. The predicted molar refractivity (Wildman–Crippen MR) is 77.9 cm³/mol. The van der Waals surface area contributed by atoms with Crippen LogP contribution in [0.15, 0.2) is 0 Å². The molecule has 21 heavy (non-hydrogen) atoms. The van der Waals surface area contributed by atoms with Crippen molar-refractivity contribution in [1.29, 1.82) is 0 Å². The van der Waals surface area contributed by atoms with Crippen molar-refractivity contribution in [3.8, 4) is 0 Å². The Balaban J connectivity index is 1.94. The summed E-state index contributed by atoms with van der Waals surface area (Å²) < 4.78 is 25.2. The Morgan fingerprint density at radius 2 is 2.14 bits per heavy atom. The molecular formula is C13H23N3O4S. The van der Waals surface area contributed by atoms with E-state index in [0.29, 0.717) is 32.4 Å². The molecule has 2 fully saturated rings. The fourth-order valence-corrected chi connectivity index (χ4v) is 3.97. The smallest absolute Gasteiger partial charge is 0.242 e. The van der Waals surface area contributed by atoms with E-state index in [1.807, 2.05) is 0 Å². The maximum Gasteiger partial charge on any atom is 0.242 e. The van der Waals surface area contributed by atoms with Crippen LogP contribution in [0.1, 0.15) is 32.6 Å². The van der Waals surface area contributed by atoms with Crippen LogP contribution in [0.25, 0.3) is 0 Å². The molecular weight excluding hydrogens is 294 g/mol. The summed E-state index contributed by atoms with van der Waals surface area (Å²) in [6.07, 6.45) is 2.82. The molecule has 2 saturated heterocycles. The summed E-state index contributed by atoms with van der Waals surface area (Å²) in [6.45, 7) is 2.95. The second-order valence-electron chi connectivity index (χ2n) is 5.59. The Labute approximate surface area is 125 Å². The van der Waals surface area contributed by atoms with Gasteiger partial charge in [-0.15, -0.1) is 0 Å². The number of amides is 2. The number of carbonyl (C=O) groups is 2. The van der Waals surface area contributed by atoms with Crippen molar-refractivity contribution in [3.63, 3.8) is 0 Å². The Hall–Kier alpha value is -1.15. The van der Waals surface area contributed by atoms with Gasteiger partial charge >= 0.3 is 0 Å². The number of hydrogen-bond donors (Lipinski definition) is 2. The van der Waals surface area contributed by atoms with Crippen LogP contribution in [0.3, 0.4) is 0 Å². The SMILES string of the molecule is CCS(=O)(=O)N1CCCC(C(=O)NC2CCCNC2=O)C1. The summed E-state index contributed by atoms with van der Waals surface area (Å²) in [5, 5.41) is 5.48. The van der Waals surface area contributed by atoms with Gasteiger partial charge in [0, 0.05) is 19.6 Å². The Morgan fingerprint density at radius 1 is 1.38 bits per heavy atom. The summed E-state index contributed by atoms with van der Waals surface area (Å²) in [7, 11) is -3.26. The lowest BCUT2D eigenvalue weighted by molar-refractivity contribution is -0.132. The molecule has 2 aliphatic rings. The van der Waals surface area contributed by atoms with Gasteiger partial charge in [-0.2, -0.15) is 0 Å². The van der Waals surface area contributed by atoms with E-state index in [1.54, 1.807) is 6.92 Å². The molecule has 2 N–H and O–H groups in total. The molecule has 0 saturated carbocycles. The average Bonchev–Trinajstić information content (AvgIpc) is 2.49. The predicted octanol–water partition coefficient (Wildman–Crippen LogP) is -0.557. The second-order valence-corrected chi connectivity index (χ2v) is 7.85. The van der Waals surface area contributed by atoms with E-state index in [-0.39, 0.29) is 30.0 Å². The molecule has 2 amide bonds. The van der Waals surface area contributed by atoms with Crippen molar-refractivity contribution in [2.24, 2.45) is 5.92 Å². The molecule has 2 aliphatic heterocycles. The molecule has 2 unspecified atom stereocenters. The molecule has 0 aromatic carbocycles. The highest BCUT2D eigenvalue weighted by molar-refractivity contribution is 7.89. The summed E-state index contributed by atoms with van der Waals surface area (Å²) in [4.78, 5) is 23.9. The van der Waals surface area contributed by atoms with Crippen LogP contribution >= 0.6 is 0 Å². The van der Waals surface area contributed by atoms with Crippen LogP contribution in [0, 0.1) is 5.92 Å². The van der Waals surface area contributed by atoms with Crippen LogP contribution in [0.5, 0.6) is 0 Å². The van der Waals surface area contributed by atoms with Crippen molar-refractivity contribution in [1.82, 2.24) is 14.9 Å². The second kappa shape index (κ2) is 6.74. The van der Waals surface area contributed by atoms with E-state index in [2.05, 4.69) is 10.6 Å². The van der Waals surface area contributed by atoms with Gasteiger partial charge in [0.1, 0.15) is 6.04 Å². The number of rotatable bonds is 4. The molecule has 0 bridgehead atoms. The zero-order valence-corrected chi connectivity index (χ0v) is 13.1. The first-order chi connectivity index (χ1) is 9.94. The number of nitrogens with one attached hydrogen (secondary N) is 2. The van der Waals surface area contributed by atoms with Gasteiger partial charge in [0.05, 0.1) is 11.7 Å². The van der Waals surface area contributed by atoms with E-state index in [9.17, 15) is 18.0 Å². The van der Waals surface area contributed by atoms with E-state index < -0.39 is 16.1 Å². The first kappa shape index (κ1) is 16.2. The molecule has 2 heterocycles. The number of nitrogens with zero attached hydrogens (tertiary/aromatic N) is 1. The molecule has 7 nitrogen and oxygen atoms in total. The summed E-state index contributed by atoms with van der Waals surface area (Å²) in [5.74, 6) is -0.682. The zero-order valence-electron chi connectivity index (χ0n) is 12.3. The fourth-order valence-electron chi connectivity index (χ4n) is 2.79. The van der Waals surface area contributed by atoms with E-state index in [4.69, 9.17) is 0 Å². The molecule has 0 radical (unpaired) electrons. The van der Waals surface area contributed by atoms with Gasteiger partial charge in [-0.1, -0.05) is 0 Å². The lowest BCUT2D eigenvalue weighted by atomic mass is 9.97. The zero-order chi connectivity index (χ0) is 15.5. The van der Waals surface area contributed by atoms with E-state index in [0.717, 1.165) is 6.42 Å². The van der Waals surface area contributed by atoms with Crippen LogP contribution in [-0.2, 0) is 19.6 Å². The topological polar surface area (TPSA) is 95.6 Å². The largest absolute Gasteiger partial charge is 0.354 e. The summed E-state index contributed by atoms with van der Waals surface area (Å²) in [5.41, 5.74) is 0. The maximum absolute atomic E-state index is 12.3. The number of sulfonamides is 1. The molecule has 2 atom stereocenters. The van der Waals surface area contributed by atoms with Crippen LogP contribution in [0.2, 0.25) is 0 Å². The molecule has 2 rings (SSSR count). The van der Waals surface area contributed by atoms with Crippen LogP contribution in [0.4, 0.5) is 0 Å². The van der Waals surface area contributed by atoms with Gasteiger partial charge in [-0.25, -0.2) is 12.7 Å². The van der Waals surface area contributed by atoms with Crippen molar-refractivity contribution in [2.75, 3.05) is 25.4 Å². The summed E-state index contributed by atoms with van der Waals surface area (Å²) in [6, 6.07) is -0.482. The Bertz CT molecular complexity index is 506. The minimum Gasteiger partial charge on any atom is -0.354 e. The van der Waals surface area contributed by atoms with Crippen LogP contribution in [-0.4, -0.2) is 56.0 Å². The third kappa shape index (κ3) is 3.94. The molecule has 120 valence electrons. The van der Waals surface area contributed by atoms with Crippen molar-refractivity contribution in [2.45, 2.75) is 38.6 Å². The average molecular weight is 317 g/mol. The standard InChI is InChI=1S/C13H23N3O4S/c1-2-21(19,20)16-8-4-5-10(9-16)12(17)15-11-6-3-7-14-13(11)18/h10-11H,2-9H2,1H3,(H,14,18)(H,15,17). The van der Waals surface area contributed by atoms with Gasteiger partial charge in [0.15, 0.2) is 0 Å². The van der Waals surface area contributed by atoms with Crippen molar-refractivity contribution >= 4 is 21.8 Å². The molecule has 0 aromatic heterocycles. The van der Waals surface area contributed by atoms with Crippen molar-refractivity contribution in [3.05, 3.63) is 0 Å². The first-order valence-electron chi connectivity index (χ1n) is 7.50.